The predicted octanol–water partition coefficient (Wildman–Crippen LogP) is -4.01. The van der Waals surface area contributed by atoms with E-state index in [1.165, 1.54) is 0 Å². The molecule has 0 bridgehead atoms. The number of hydrogen-bond acceptors (Lipinski definition) is 1. The van der Waals surface area contributed by atoms with E-state index >= 15 is 0 Å². The fourth-order valence-electron chi connectivity index (χ4n) is 0.0830. The van der Waals surface area contributed by atoms with E-state index in [-0.39, 0.29) is 0 Å². The van der Waals surface area contributed by atoms with Gasteiger partial charge in [-0.05, 0) is 0 Å². The van der Waals surface area contributed by atoms with Crippen LogP contribution in [0.15, 0.2) is 0 Å². The molecule has 0 aliphatic rings. The van der Waals surface area contributed by atoms with Crippen LogP contribution in [0.3, 0.4) is 0 Å². The van der Waals surface area contributed by atoms with Gasteiger partial charge in [0, 0.05) is 0 Å². The van der Waals surface area contributed by atoms with E-state index in [9.17, 15) is 3.74 Å². The van der Waals surface area contributed by atoms with E-state index < -0.39 is 13.1 Å². The van der Waals surface area contributed by atoms with Crippen molar-refractivity contribution in [1.29, 1.82) is 0 Å². The van der Waals surface area contributed by atoms with Gasteiger partial charge in [0.1, 0.15) is 0 Å². The van der Waals surface area contributed by atoms with E-state index in [0.717, 1.165) is 0 Å². The molecule has 0 heterocycles. The second kappa shape index (κ2) is 9.15. The third-order valence-electron chi connectivity index (χ3n) is 0.230. The van der Waals surface area contributed by atoms with Crippen LogP contribution in [0, 0.1) is 0 Å². The molecular formula is H6As6O. The Bertz CT molecular complexity index is 70.2. The molecule has 0 aliphatic carbocycles. The van der Waals surface area contributed by atoms with Crippen molar-refractivity contribution in [2.24, 2.45) is 0 Å². The summed E-state index contributed by atoms with van der Waals surface area (Å²) in [5.41, 5.74) is 0. The molecule has 5 unspecified atom stereocenters. The molecule has 7 heteroatoms. The Labute approximate surface area is 75.8 Å². The van der Waals surface area contributed by atoms with Crippen LogP contribution in [0.1, 0.15) is 0 Å². The fraction of sp³-hybridized carbons (Fsp3) is 0. The summed E-state index contributed by atoms with van der Waals surface area (Å²) < 4.78 is 10.0. The Morgan fingerprint density at radius 1 is 1.57 bits per heavy atom. The first kappa shape index (κ1) is 10.2. The van der Waals surface area contributed by atoms with Gasteiger partial charge in [0.25, 0.3) is 0 Å². The molecule has 1 nitrogen and oxygen atoms in total. The summed E-state index contributed by atoms with van der Waals surface area (Å²) >= 11 is 3.83. The van der Waals surface area contributed by atoms with E-state index in [2.05, 4.69) is 0 Å². The normalized spacial score (nSPS) is 15.6. The molecular weight excluding hydrogens is 466 g/mol. The molecule has 5 atom stereocenters. The van der Waals surface area contributed by atoms with Crippen LogP contribution >= 0.6 is 0 Å². The second-order valence-corrected chi connectivity index (χ2v) is 71.6. The van der Waals surface area contributed by atoms with Crippen molar-refractivity contribution >= 4 is 73.8 Å². The Morgan fingerprint density at radius 2 is 2.29 bits per heavy atom. The maximum absolute atomic E-state index is 10.0. The maximum atomic E-state index is 10.0. The number of rotatable bonds is 3. The molecule has 42 valence electrons. The summed E-state index contributed by atoms with van der Waals surface area (Å²) in [6.45, 7) is 0. The van der Waals surface area contributed by atoms with Crippen molar-refractivity contribution in [3.8, 4) is 0 Å². The fourth-order valence-corrected chi connectivity index (χ4v) is 245. The summed E-state index contributed by atoms with van der Waals surface area (Å²) in [6, 6.07) is 0. The summed E-state index contributed by atoms with van der Waals surface area (Å²) in [6.07, 6.45) is 0. The van der Waals surface area contributed by atoms with Crippen LogP contribution in [0.2, 0.25) is 0 Å². The zero-order valence-electron chi connectivity index (χ0n) is 3.43. The van der Waals surface area contributed by atoms with Gasteiger partial charge in [-0.15, -0.1) is 0 Å². The molecule has 7 heavy (non-hydrogen) atoms. The third-order valence-corrected chi connectivity index (χ3v) is 141. The van der Waals surface area contributed by atoms with Gasteiger partial charge >= 0.3 is 77.5 Å². The minimum atomic E-state index is -0.552. The topological polar surface area (TPSA) is 17.1 Å². The molecule has 0 saturated carbocycles. The van der Waals surface area contributed by atoms with Gasteiger partial charge in [-0.3, -0.25) is 0 Å². The zero-order valence-corrected chi connectivity index (χ0v) is 16.1. The van der Waals surface area contributed by atoms with Crippen molar-refractivity contribution < 1.29 is 3.74 Å². The Hall–Kier alpha value is 3.15. The summed E-state index contributed by atoms with van der Waals surface area (Å²) in [7, 11) is 0. The van der Waals surface area contributed by atoms with Gasteiger partial charge in [-0.25, -0.2) is 0 Å². The van der Waals surface area contributed by atoms with Crippen LogP contribution in [-0.4, -0.2) is 73.8 Å². The second-order valence-electron chi connectivity index (χ2n) is 0.584. The Kier molecular flexibility index (Phi) is 13.3. The van der Waals surface area contributed by atoms with Crippen LogP contribution in [0.4, 0.5) is 0 Å². The van der Waals surface area contributed by atoms with Gasteiger partial charge < -0.3 is 0 Å². The van der Waals surface area contributed by atoms with Crippen molar-refractivity contribution in [2.45, 2.75) is 0 Å². The molecule has 0 aromatic carbocycles. The monoisotopic (exact) mass is 472 g/mol. The van der Waals surface area contributed by atoms with Crippen molar-refractivity contribution in [1.82, 2.24) is 0 Å². The Morgan fingerprint density at radius 3 is 2.71 bits per heavy atom. The minimum absolute atomic E-state index is 0.531. The molecule has 0 saturated heterocycles. The molecule has 0 aliphatic heterocycles. The van der Waals surface area contributed by atoms with Crippen LogP contribution in [0.25, 0.3) is 0 Å². The zero-order chi connectivity index (χ0) is 5.54. The molecule has 0 aromatic rings. The average molecular weight is 472 g/mol. The molecule has 0 rings (SSSR count). The van der Waals surface area contributed by atoms with Gasteiger partial charge in [-0.2, -0.15) is 0 Å². The molecule has 0 radical (unpaired) electrons. The SMILES string of the molecule is O=[AsH]=[As][AsH][AsH][AsH][AsH2]. The molecule has 0 spiro atoms. The quantitative estimate of drug-likeness (QED) is 0.303. The van der Waals surface area contributed by atoms with E-state index in [1.807, 2.05) is 14.8 Å². The van der Waals surface area contributed by atoms with Crippen molar-refractivity contribution in [2.75, 3.05) is 0 Å². The van der Waals surface area contributed by atoms with Crippen LogP contribution < -0.4 is 0 Å². The van der Waals surface area contributed by atoms with Gasteiger partial charge in [0.15, 0.2) is 0 Å². The van der Waals surface area contributed by atoms with E-state index in [0.29, 0.717) is 45.9 Å². The molecule has 0 N–H and O–H groups in total. The van der Waals surface area contributed by atoms with Crippen LogP contribution in [0.5, 0.6) is 0 Å². The Balaban J connectivity index is 2.83. The van der Waals surface area contributed by atoms with Gasteiger partial charge in [0.2, 0.25) is 0 Å². The summed E-state index contributed by atoms with van der Waals surface area (Å²) in [5.74, 6) is 0. The first-order valence-corrected chi connectivity index (χ1v) is 34.4. The number of hydrogen-bond donors (Lipinski definition) is 0. The molecule has 0 amide bonds. The molecule has 0 aromatic heterocycles. The first-order valence-electron chi connectivity index (χ1n) is 1.44. The summed E-state index contributed by atoms with van der Waals surface area (Å²) in [5, 5.41) is 0. The summed E-state index contributed by atoms with van der Waals surface area (Å²) in [4.78, 5) is 0. The third kappa shape index (κ3) is 9.15. The first-order chi connectivity index (χ1) is 3.41. The van der Waals surface area contributed by atoms with Crippen molar-refractivity contribution in [3.05, 3.63) is 0 Å². The molecule has 0 fully saturated rings. The standard InChI is InChI=1S/As6H6O/c1-2-3-4-5-6-7/h2-4,6H,1H2. The van der Waals surface area contributed by atoms with Gasteiger partial charge in [0.05, 0.1) is 0 Å². The average Bonchev–Trinajstić information content (AvgIpc) is 1.69. The van der Waals surface area contributed by atoms with Crippen LogP contribution in [-0.2, 0) is 3.74 Å². The van der Waals surface area contributed by atoms with E-state index in [4.69, 9.17) is 0 Å². The predicted molar refractivity (Wildman–Crippen MR) is 43.6 cm³/mol. The van der Waals surface area contributed by atoms with Crippen molar-refractivity contribution in [3.63, 3.8) is 0 Å². The van der Waals surface area contributed by atoms with E-state index in [1.54, 1.807) is 0 Å². The van der Waals surface area contributed by atoms with Gasteiger partial charge in [-0.1, -0.05) is 0 Å².